The largest absolute Gasteiger partial charge is 0.445 e. The molecule has 7 nitrogen and oxygen atoms in total. The minimum atomic E-state index is -0.912. The number of carbonyl (C=O) groups excluding carboxylic acids is 2. The monoisotopic (exact) mass is 350 g/mol. The number of alkyl carbamates (subject to hydrolysis) is 1. The maximum absolute atomic E-state index is 12.1. The van der Waals surface area contributed by atoms with Crippen molar-refractivity contribution in [3.63, 3.8) is 0 Å². The second kappa shape index (κ2) is 7.74. The molecule has 1 fully saturated rings. The number of aliphatic hydroxyl groups is 1. The smallest absolute Gasteiger partial charge is 0.410 e. The maximum atomic E-state index is 12.1. The number of rotatable bonds is 4. The zero-order chi connectivity index (χ0) is 18.5. The van der Waals surface area contributed by atoms with Gasteiger partial charge in [0, 0.05) is 13.1 Å². The van der Waals surface area contributed by atoms with Crippen LogP contribution in [0.5, 0.6) is 0 Å². The van der Waals surface area contributed by atoms with Gasteiger partial charge in [-0.05, 0) is 32.8 Å². The maximum Gasteiger partial charge on any atom is 0.410 e. The molecule has 25 heavy (non-hydrogen) atoms. The van der Waals surface area contributed by atoms with Gasteiger partial charge in [0.15, 0.2) is 0 Å². The Morgan fingerprint density at radius 1 is 1.28 bits per heavy atom. The predicted octanol–water partition coefficient (Wildman–Crippen LogP) is 2.28. The molecule has 1 heterocycles. The van der Waals surface area contributed by atoms with Crippen LogP contribution in [0, 0.1) is 0 Å². The zero-order valence-electron chi connectivity index (χ0n) is 14.9. The van der Waals surface area contributed by atoms with E-state index in [1.54, 1.807) is 20.8 Å². The van der Waals surface area contributed by atoms with Gasteiger partial charge in [0.05, 0.1) is 12.1 Å². The summed E-state index contributed by atoms with van der Waals surface area (Å²) in [5, 5.41) is 12.4. The number of amides is 2. The van der Waals surface area contributed by atoms with Gasteiger partial charge in [-0.1, -0.05) is 30.3 Å². The van der Waals surface area contributed by atoms with Crippen molar-refractivity contribution in [3.8, 4) is 0 Å². The molecule has 1 aromatic carbocycles. The minimum absolute atomic E-state index is 0.143. The van der Waals surface area contributed by atoms with E-state index in [1.807, 2.05) is 30.3 Å². The molecule has 1 saturated heterocycles. The normalized spacial score (nSPS) is 20.2. The topological polar surface area (TPSA) is 88.1 Å². The summed E-state index contributed by atoms with van der Waals surface area (Å²) in [5.74, 6) is 0. The van der Waals surface area contributed by atoms with E-state index >= 15 is 0 Å². The third-order valence-electron chi connectivity index (χ3n) is 3.89. The lowest BCUT2D eigenvalue weighted by Crippen LogP contribution is -2.54. The number of benzene rings is 1. The van der Waals surface area contributed by atoms with Crippen molar-refractivity contribution in [1.29, 1.82) is 0 Å². The van der Waals surface area contributed by atoms with E-state index in [0.717, 1.165) is 5.56 Å². The van der Waals surface area contributed by atoms with Crippen LogP contribution in [-0.2, 0) is 16.1 Å². The van der Waals surface area contributed by atoms with E-state index in [4.69, 9.17) is 9.47 Å². The van der Waals surface area contributed by atoms with Crippen molar-refractivity contribution in [2.45, 2.75) is 44.9 Å². The van der Waals surface area contributed by atoms with Gasteiger partial charge < -0.3 is 24.8 Å². The zero-order valence-corrected chi connectivity index (χ0v) is 14.9. The molecule has 0 spiro atoms. The standard InChI is InChI=1S/C18H26N2O5/c1-17(2,3)25-16(23)20-10-9-18(12-20,13-21)19-15(22)24-11-14-7-5-4-6-8-14/h4-8,21H,9-13H2,1-3H3,(H,19,22). The van der Waals surface area contributed by atoms with E-state index in [2.05, 4.69) is 5.32 Å². The fraction of sp³-hybridized carbons (Fsp3) is 0.556. The molecule has 1 aromatic rings. The molecule has 138 valence electrons. The first-order chi connectivity index (χ1) is 11.7. The van der Waals surface area contributed by atoms with Crippen LogP contribution < -0.4 is 5.32 Å². The van der Waals surface area contributed by atoms with Crippen molar-refractivity contribution in [3.05, 3.63) is 35.9 Å². The van der Waals surface area contributed by atoms with Crippen LogP contribution in [0.2, 0.25) is 0 Å². The van der Waals surface area contributed by atoms with Crippen LogP contribution in [0.4, 0.5) is 9.59 Å². The Bertz CT molecular complexity index is 599. The fourth-order valence-corrected chi connectivity index (χ4v) is 2.60. The van der Waals surface area contributed by atoms with Gasteiger partial charge in [-0.15, -0.1) is 0 Å². The molecular formula is C18H26N2O5. The van der Waals surface area contributed by atoms with Crippen LogP contribution in [0.15, 0.2) is 30.3 Å². The molecular weight excluding hydrogens is 324 g/mol. The number of hydrogen-bond donors (Lipinski definition) is 2. The summed E-state index contributed by atoms with van der Waals surface area (Å²) < 4.78 is 10.5. The Hall–Kier alpha value is -2.28. The molecule has 0 aliphatic carbocycles. The number of nitrogens with one attached hydrogen (secondary N) is 1. The van der Waals surface area contributed by atoms with Crippen LogP contribution in [0.1, 0.15) is 32.8 Å². The average molecular weight is 350 g/mol. The lowest BCUT2D eigenvalue weighted by Gasteiger charge is -2.29. The molecule has 0 aromatic heterocycles. The average Bonchev–Trinajstić information content (AvgIpc) is 2.97. The van der Waals surface area contributed by atoms with E-state index in [9.17, 15) is 14.7 Å². The molecule has 2 N–H and O–H groups in total. The Morgan fingerprint density at radius 3 is 2.56 bits per heavy atom. The van der Waals surface area contributed by atoms with Gasteiger partial charge in [-0.25, -0.2) is 9.59 Å². The number of nitrogens with zero attached hydrogens (tertiary/aromatic N) is 1. The summed E-state index contributed by atoms with van der Waals surface area (Å²) in [7, 11) is 0. The molecule has 0 saturated carbocycles. The van der Waals surface area contributed by atoms with Gasteiger partial charge in [0.1, 0.15) is 12.2 Å². The summed E-state index contributed by atoms with van der Waals surface area (Å²) in [6.07, 6.45) is -0.644. The Kier molecular flexibility index (Phi) is 5.89. The molecule has 0 bridgehead atoms. The van der Waals surface area contributed by atoms with E-state index < -0.39 is 23.3 Å². The van der Waals surface area contributed by atoms with Crippen molar-refractivity contribution < 1.29 is 24.2 Å². The third-order valence-corrected chi connectivity index (χ3v) is 3.89. The SMILES string of the molecule is CC(C)(C)OC(=O)N1CCC(CO)(NC(=O)OCc2ccccc2)C1. The molecule has 2 rings (SSSR count). The van der Waals surface area contributed by atoms with Crippen LogP contribution >= 0.6 is 0 Å². The Balaban J connectivity index is 1.88. The molecule has 1 unspecified atom stereocenters. The second-order valence-corrected chi connectivity index (χ2v) is 7.28. The summed E-state index contributed by atoms with van der Waals surface area (Å²) in [5.41, 5.74) is -0.633. The van der Waals surface area contributed by atoms with Crippen molar-refractivity contribution >= 4 is 12.2 Å². The summed E-state index contributed by atoms with van der Waals surface area (Å²) >= 11 is 0. The van der Waals surface area contributed by atoms with Gasteiger partial charge in [0.25, 0.3) is 0 Å². The van der Waals surface area contributed by atoms with Gasteiger partial charge in [-0.2, -0.15) is 0 Å². The van der Waals surface area contributed by atoms with Crippen LogP contribution in [0.3, 0.4) is 0 Å². The number of likely N-dealkylation sites (tertiary alicyclic amines) is 1. The van der Waals surface area contributed by atoms with Crippen LogP contribution in [-0.4, -0.2) is 53.0 Å². The molecule has 1 aliphatic heterocycles. The predicted molar refractivity (Wildman–Crippen MR) is 92.0 cm³/mol. The van der Waals surface area contributed by atoms with Gasteiger partial charge in [0.2, 0.25) is 0 Å². The quantitative estimate of drug-likeness (QED) is 0.870. The van der Waals surface area contributed by atoms with E-state index in [0.29, 0.717) is 13.0 Å². The first-order valence-electron chi connectivity index (χ1n) is 8.31. The second-order valence-electron chi connectivity index (χ2n) is 7.28. The van der Waals surface area contributed by atoms with Crippen molar-refractivity contribution in [1.82, 2.24) is 10.2 Å². The molecule has 1 aliphatic rings. The molecule has 7 heteroatoms. The number of hydrogen-bond acceptors (Lipinski definition) is 5. The lowest BCUT2D eigenvalue weighted by molar-refractivity contribution is 0.0267. The highest BCUT2D eigenvalue weighted by atomic mass is 16.6. The van der Waals surface area contributed by atoms with Crippen molar-refractivity contribution in [2.75, 3.05) is 19.7 Å². The highest BCUT2D eigenvalue weighted by Crippen LogP contribution is 2.23. The Morgan fingerprint density at radius 2 is 1.96 bits per heavy atom. The number of aliphatic hydroxyl groups excluding tert-OH is 1. The summed E-state index contributed by atoms with van der Waals surface area (Å²) in [6, 6.07) is 9.32. The van der Waals surface area contributed by atoms with E-state index in [1.165, 1.54) is 4.90 Å². The number of carbonyl (C=O) groups is 2. The summed E-state index contributed by atoms with van der Waals surface area (Å²) in [6.45, 7) is 5.81. The van der Waals surface area contributed by atoms with Crippen LogP contribution in [0.25, 0.3) is 0 Å². The third kappa shape index (κ3) is 5.63. The number of ether oxygens (including phenoxy) is 2. The first-order valence-corrected chi connectivity index (χ1v) is 8.31. The minimum Gasteiger partial charge on any atom is -0.445 e. The fourth-order valence-electron chi connectivity index (χ4n) is 2.60. The highest BCUT2D eigenvalue weighted by Gasteiger charge is 2.42. The van der Waals surface area contributed by atoms with Crippen molar-refractivity contribution in [2.24, 2.45) is 0 Å². The first kappa shape index (κ1) is 19.1. The van der Waals surface area contributed by atoms with Gasteiger partial charge >= 0.3 is 12.2 Å². The molecule has 2 amide bonds. The summed E-state index contributed by atoms with van der Waals surface area (Å²) in [4.78, 5) is 25.7. The molecule has 1 atom stereocenters. The molecule has 0 radical (unpaired) electrons. The highest BCUT2D eigenvalue weighted by molar-refractivity contribution is 5.71. The van der Waals surface area contributed by atoms with E-state index in [-0.39, 0.29) is 19.8 Å². The van der Waals surface area contributed by atoms with Gasteiger partial charge in [-0.3, -0.25) is 0 Å². The Labute approximate surface area is 147 Å². The lowest BCUT2D eigenvalue weighted by atomic mass is 10.0.